The van der Waals surface area contributed by atoms with Crippen LogP contribution >= 0.6 is 0 Å². The number of benzene rings is 2. The number of nitrogens with zero attached hydrogens (tertiary/aromatic N) is 3. The van der Waals surface area contributed by atoms with Gasteiger partial charge >= 0.3 is 0 Å². The lowest BCUT2D eigenvalue weighted by atomic mass is 9.98. The zero-order valence-corrected chi connectivity index (χ0v) is 15.9. The highest BCUT2D eigenvalue weighted by atomic mass is 16.5. The molecule has 0 bridgehead atoms. The van der Waals surface area contributed by atoms with Crippen LogP contribution in [0.1, 0.15) is 49.4 Å². The van der Waals surface area contributed by atoms with Crippen LogP contribution in [0.4, 0.5) is 5.95 Å². The normalized spacial score (nSPS) is 15.9. The number of hydrogen-bond acceptors (Lipinski definition) is 4. The third-order valence-corrected chi connectivity index (χ3v) is 4.83. The van der Waals surface area contributed by atoms with E-state index in [-0.39, 0.29) is 6.04 Å². The molecule has 27 heavy (non-hydrogen) atoms. The van der Waals surface area contributed by atoms with Crippen molar-refractivity contribution in [2.45, 2.75) is 32.7 Å². The first-order valence-corrected chi connectivity index (χ1v) is 9.37. The summed E-state index contributed by atoms with van der Waals surface area (Å²) < 4.78 is 7.47. The van der Waals surface area contributed by atoms with Gasteiger partial charge in [-0.1, -0.05) is 50.2 Å². The van der Waals surface area contributed by atoms with Crippen molar-refractivity contribution in [1.29, 1.82) is 0 Å². The zero-order valence-electron chi connectivity index (χ0n) is 15.9. The lowest BCUT2D eigenvalue weighted by Crippen LogP contribution is -2.20. The Balaban J connectivity index is 1.69. The van der Waals surface area contributed by atoms with Crippen molar-refractivity contribution in [2.75, 3.05) is 11.9 Å². The first kappa shape index (κ1) is 17.3. The van der Waals surface area contributed by atoms with E-state index in [2.05, 4.69) is 71.7 Å². The highest BCUT2D eigenvalue weighted by molar-refractivity contribution is 5.77. The monoisotopic (exact) mass is 360 g/mol. The average molecular weight is 360 g/mol. The molecule has 0 spiro atoms. The van der Waals surface area contributed by atoms with Gasteiger partial charge in [-0.25, -0.2) is 4.68 Å². The topological polar surface area (TPSA) is 52.0 Å². The lowest BCUT2D eigenvalue weighted by Gasteiger charge is -2.24. The third kappa shape index (κ3) is 3.45. The van der Waals surface area contributed by atoms with Gasteiger partial charge in [0.05, 0.1) is 6.61 Å². The smallest absolute Gasteiger partial charge is 0.226 e. The van der Waals surface area contributed by atoms with Crippen molar-refractivity contribution in [3.63, 3.8) is 0 Å². The maximum atomic E-state index is 5.56. The molecule has 5 heteroatoms. The second-order valence-corrected chi connectivity index (χ2v) is 6.96. The van der Waals surface area contributed by atoms with Crippen LogP contribution in [0.25, 0.3) is 5.70 Å². The largest absolute Gasteiger partial charge is 0.494 e. The molecule has 5 nitrogen and oxygen atoms in total. The Hall–Kier alpha value is -3.08. The number of ether oxygens (including phenoxy) is 1. The Kier molecular flexibility index (Phi) is 4.67. The minimum atomic E-state index is -0.0146. The summed E-state index contributed by atoms with van der Waals surface area (Å²) in [5.74, 6) is 2.15. The van der Waals surface area contributed by atoms with Crippen LogP contribution in [-0.4, -0.2) is 21.4 Å². The van der Waals surface area contributed by atoms with E-state index in [4.69, 9.17) is 4.74 Å². The maximum Gasteiger partial charge on any atom is 0.226 e. The molecule has 3 aromatic rings. The van der Waals surface area contributed by atoms with Crippen LogP contribution in [0.2, 0.25) is 0 Å². The number of anilines is 1. The second kappa shape index (κ2) is 7.27. The summed E-state index contributed by atoms with van der Waals surface area (Å²) in [5, 5.41) is 7.81. The van der Waals surface area contributed by atoms with Crippen molar-refractivity contribution in [3.05, 3.63) is 77.6 Å². The third-order valence-electron chi connectivity index (χ3n) is 4.83. The van der Waals surface area contributed by atoms with Crippen LogP contribution in [0.3, 0.4) is 0 Å². The van der Waals surface area contributed by atoms with Gasteiger partial charge in [-0.2, -0.15) is 10.1 Å². The molecular formula is C22H24N4O. The average Bonchev–Trinajstić information content (AvgIpc) is 3.17. The van der Waals surface area contributed by atoms with E-state index in [0.29, 0.717) is 12.5 Å². The fourth-order valence-corrected chi connectivity index (χ4v) is 3.31. The van der Waals surface area contributed by atoms with Gasteiger partial charge in [-0.05, 0) is 47.7 Å². The van der Waals surface area contributed by atoms with E-state index >= 15 is 0 Å². The lowest BCUT2D eigenvalue weighted by molar-refractivity contribution is 0.340. The summed E-state index contributed by atoms with van der Waals surface area (Å²) in [6.07, 6.45) is 3.78. The van der Waals surface area contributed by atoms with Crippen LogP contribution in [0.15, 0.2) is 60.9 Å². The quantitative estimate of drug-likeness (QED) is 0.706. The molecule has 2 heterocycles. The fourth-order valence-electron chi connectivity index (χ4n) is 3.31. The standard InChI is InChI=1S/C22H24N4O/c1-4-27-19-11-9-18(10-12-19)21-13-20(25-22-23-14-24-26(21)22)17-7-5-16(6-8-17)15(2)3/h5-15,21H,4H2,1-3H3,(H,23,24,25)/t21-/m0/s1. The van der Waals surface area contributed by atoms with Gasteiger partial charge in [0.2, 0.25) is 5.95 Å². The van der Waals surface area contributed by atoms with Gasteiger partial charge in [0.25, 0.3) is 0 Å². The number of rotatable bonds is 5. The highest BCUT2D eigenvalue weighted by Gasteiger charge is 2.23. The molecule has 0 radical (unpaired) electrons. The summed E-state index contributed by atoms with van der Waals surface area (Å²) >= 11 is 0. The van der Waals surface area contributed by atoms with Crippen molar-refractivity contribution in [3.8, 4) is 5.75 Å². The number of nitrogens with one attached hydrogen (secondary N) is 1. The molecule has 0 unspecified atom stereocenters. The molecule has 0 amide bonds. The predicted molar refractivity (Wildman–Crippen MR) is 108 cm³/mol. The molecule has 1 atom stereocenters. The van der Waals surface area contributed by atoms with Crippen molar-refractivity contribution in [1.82, 2.24) is 14.8 Å². The van der Waals surface area contributed by atoms with Crippen LogP contribution in [0.5, 0.6) is 5.75 Å². The minimum absolute atomic E-state index is 0.0146. The Bertz CT molecular complexity index is 939. The number of allylic oxidation sites excluding steroid dienone is 1. The minimum Gasteiger partial charge on any atom is -0.494 e. The van der Waals surface area contributed by atoms with Crippen molar-refractivity contribution in [2.24, 2.45) is 0 Å². The first-order valence-electron chi connectivity index (χ1n) is 9.37. The molecule has 2 aromatic carbocycles. The summed E-state index contributed by atoms with van der Waals surface area (Å²) in [4.78, 5) is 4.38. The Morgan fingerprint density at radius 2 is 1.81 bits per heavy atom. The van der Waals surface area contributed by atoms with E-state index in [1.807, 2.05) is 23.7 Å². The van der Waals surface area contributed by atoms with E-state index < -0.39 is 0 Å². The molecule has 1 aliphatic rings. The van der Waals surface area contributed by atoms with Crippen molar-refractivity contribution >= 4 is 11.6 Å². The van der Waals surface area contributed by atoms with Gasteiger partial charge < -0.3 is 10.1 Å². The van der Waals surface area contributed by atoms with Gasteiger partial charge in [-0.15, -0.1) is 0 Å². The SMILES string of the molecule is CCOc1ccc([C@@H]2C=C(c3ccc(C(C)C)cc3)Nc3ncnn32)cc1. The molecular weight excluding hydrogens is 336 g/mol. The summed E-state index contributed by atoms with van der Waals surface area (Å²) in [6.45, 7) is 7.06. The molecule has 1 aromatic heterocycles. The van der Waals surface area contributed by atoms with Crippen LogP contribution in [0, 0.1) is 0 Å². The summed E-state index contributed by atoms with van der Waals surface area (Å²) in [7, 11) is 0. The van der Waals surface area contributed by atoms with E-state index in [1.165, 1.54) is 5.56 Å². The molecule has 1 N–H and O–H groups in total. The fraction of sp³-hybridized carbons (Fsp3) is 0.273. The summed E-state index contributed by atoms with van der Waals surface area (Å²) in [5.41, 5.74) is 4.67. The highest BCUT2D eigenvalue weighted by Crippen LogP contribution is 2.33. The molecule has 0 aliphatic carbocycles. The van der Waals surface area contributed by atoms with Gasteiger partial charge in [0.1, 0.15) is 18.1 Å². The second-order valence-electron chi connectivity index (χ2n) is 6.96. The zero-order chi connectivity index (χ0) is 18.8. The van der Waals surface area contributed by atoms with Crippen LogP contribution < -0.4 is 10.1 Å². The molecule has 138 valence electrons. The van der Waals surface area contributed by atoms with E-state index in [9.17, 15) is 0 Å². The first-order chi connectivity index (χ1) is 13.2. The molecule has 0 saturated carbocycles. The summed E-state index contributed by atoms with van der Waals surface area (Å²) in [6, 6.07) is 16.9. The molecule has 1 aliphatic heterocycles. The van der Waals surface area contributed by atoms with Gasteiger partial charge in [0.15, 0.2) is 0 Å². The number of aromatic nitrogens is 3. The Morgan fingerprint density at radius 1 is 1.07 bits per heavy atom. The Labute approximate surface area is 159 Å². The van der Waals surface area contributed by atoms with E-state index in [0.717, 1.165) is 28.5 Å². The van der Waals surface area contributed by atoms with Gasteiger partial charge in [-0.3, -0.25) is 0 Å². The molecule has 0 saturated heterocycles. The maximum absolute atomic E-state index is 5.56. The van der Waals surface area contributed by atoms with E-state index in [1.54, 1.807) is 6.33 Å². The molecule has 0 fully saturated rings. The Morgan fingerprint density at radius 3 is 2.48 bits per heavy atom. The molecule has 4 rings (SSSR count). The predicted octanol–water partition coefficient (Wildman–Crippen LogP) is 4.86. The van der Waals surface area contributed by atoms with Crippen molar-refractivity contribution < 1.29 is 4.74 Å². The van der Waals surface area contributed by atoms with Crippen LogP contribution in [-0.2, 0) is 0 Å². The van der Waals surface area contributed by atoms with Gasteiger partial charge in [0, 0.05) is 5.70 Å². The number of fused-ring (bicyclic) bond motifs is 1. The number of hydrogen-bond donors (Lipinski definition) is 1.